The van der Waals surface area contributed by atoms with E-state index in [4.69, 9.17) is 4.74 Å². The van der Waals surface area contributed by atoms with Crippen molar-refractivity contribution in [3.63, 3.8) is 0 Å². The first kappa shape index (κ1) is 20.6. The third kappa shape index (κ3) is 4.66. The summed E-state index contributed by atoms with van der Waals surface area (Å²) in [4.78, 5) is 59.1. The number of hydrazine groups is 1. The molecule has 1 aliphatic rings. The Morgan fingerprint density at radius 1 is 1.10 bits per heavy atom. The molecule has 1 atom stereocenters. The van der Waals surface area contributed by atoms with E-state index < -0.39 is 40.9 Å². The molecule has 0 unspecified atom stereocenters. The van der Waals surface area contributed by atoms with E-state index >= 15 is 0 Å². The zero-order valence-electron chi connectivity index (χ0n) is 15.6. The van der Waals surface area contributed by atoms with Crippen molar-refractivity contribution in [2.75, 3.05) is 13.2 Å². The van der Waals surface area contributed by atoms with E-state index in [2.05, 4.69) is 5.43 Å². The summed E-state index contributed by atoms with van der Waals surface area (Å²) in [5.74, 6) is -3.38. The molecule has 10 nitrogen and oxygen atoms in total. The summed E-state index contributed by atoms with van der Waals surface area (Å²) in [5, 5.41) is 12.0. The molecule has 1 saturated heterocycles. The third-order valence-electron chi connectivity index (χ3n) is 4.48. The zero-order valence-corrected chi connectivity index (χ0v) is 15.6. The number of nitro benzene ring substituents is 1. The summed E-state index contributed by atoms with van der Waals surface area (Å²) < 4.78 is 5.01. The van der Waals surface area contributed by atoms with E-state index in [1.54, 1.807) is 30.3 Å². The Balaban J connectivity index is 1.57. The van der Waals surface area contributed by atoms with Gasteiger partial charge in [0.1, 0.15) is 5.56 Å². The van der Waals surface area contributed by atoms with Gasteiger partial charge in [-0.2, -0.15) is 0 Å². The topological polar surface area (TPSA) is 136 Å². The van der Waals surface area contributed by atoms with E-state index in [1.165, 1.54) is 24.3 Å². The summed E-state index contributed by atoms with van der Waals surface area (Å²) in [6.45, 7) is -0.625. The molecule has 2 aromatic rings. The van der Waals surface area contributed by atoms with Gasteiger partial charge in [0.15, 0.2) is 12.4 Å². The van der Waals surface area contributed by atoms with Gasteiger partial charge >= 0.3 is 5.97 Å². The van der Waals surface area contributed by atoms with Gasteiger partial charge in [0.05, 0.1) is 17.4 Å². The number of nitrogens with one attached hydrogen (secondary N) is 1. The van der Waals surface area contributed by atoms with Crippen molar-refractivity contribution in [1.29, 1.82) is 0 Å². The van der Waals surface area contributed by atoms with Crippen LogP contribution in [0.3, 0.4) is 0 Å². The van der Waals surface area contributed by atoms with Crippen molar-refractivity contribution in [2.45, 2.75) is 6.42 Å². The van der Waals surface area contributed by atoms with Gasteiger partial charge in [0.2, 0.25) is 5.91 Å². The van der Waals surface area contributed by atoms with Crippen LogP contribution < -0.4 is 5.43 Å². The summed E-state index contributed by atoms with van der Waals surface area (Å²) in [6.07, 6.45) is -0.213. The fourth-order valence-corrected chi connectivity index (χ4v) is 2.94. The predicted octanol–water partition coefficient (Wildman–Crippen LogP) is 1.51. The molecule has 1 heterocycles. The van der Waals surface area contributed by atoms with Crippen LogP contribution in [0.5, 0.6) is 0 Å². The van der Waals surface area contributed by atoms with Gasteiger partial charge in [-0.05, 0) is 6.07 Å². The van der Waals surface area contributed by atoms with Crippen molar-refractivity contribution in [3.05, 3.63) is 75.8 Å². The van der Waals surface area contributed by atoms with E-state index in [9.17, 15) is 29.3 Å². The normalized spacial score (nSPS) is 15.5. The Morgan fingerprint density at radius 3 is 2.47 bits per heavy atom. The Morgan fingerprint density at radius 2 is 1.77 bits per heavy atom. The van der Waals surface area contributed by atoms with Gasteiger partial charge in [0.25, 0.3) is 11.6 Å². The molecule has 10 heteroatoms. The highest BCUT2D eigenvalue weighted by atomic mass is 16.6. The van der Waals surface area contributed by atoms with Gasteiger partial charge in [-0.1, -0.05) is 42.5 Å². The number of amides is 2. The fourth-order valence-electron chi connectivity index (χ4n) is 2.94. The first-order chi connectivity index (χ1) is 14.4. The second-order valence-electron chi connectivity index (χ2n) is 6.52. The number of Topliss-reactive ketones (excluding diaryl/α,β-unsaturated/α-hetero) is 1. The zero-order chi connectivity index (χ0) is 21.7. The Hall–Kier alpha value is -4.08. The minimum atomic E-state index is -0.868. The maximum atomic E-state index is 12.3. The molecular weight excluding hydrogens is 394 g/mol. The Bertz CT molecular complexity index is 1010. The van der Waals surface area contributed by atoms with Gasteiger partial charge < -0.3 is 4.74 Å². The molecule has 3 rings (SSSR count). The minimum absolute atomic E-state index is 0.163. The Labute approximate surface area is 170 Å². The average molecular weight is 411 g/mol. The number of carbonyl (C=O) groups excluding carboxylic acids is 4. The third-order valence-corrected chi connectivity index (χ3v) is 4.48. The molecule has 2 amide bonds. The molecular formula is C20H17N3O7. The second-order valence-corrected chi connectivity index (χ2v) is 6.52. The maximum Gasteiger partial charge on any atom is 0.311 e. The lowest BCUT2D eigenvalue weighted by molar-refractivity contribution is -0.385. The molecule has 0 spiro atoms. The standard InChI is InChI=1S/C20H17N3O7/c24-17(13-6-2-1-3-7-13)12-30-20(27)14-10-18(25)22(11-14)21-19(26)15-8-4-5-9-16(15)23(28)29/h1-9,14H,10-12H2,(H,21,26)/t14-/m0/s1. The van der Waals surface area contributed by atoms with Crippen LogP contribution in [0.15, 0.2) is 54.6 Å². The minimum Gasteiger partial charge on any atom is -0.457 e. The summed E-state index contributed by atoms with van der Waals surface area (Å²) in [6, 6.07) is 13.6. The second kappa shape index (κ2) is 8.95. The van der Waals surface area contributed by atoms with Crippen molar-refractivity contribution in [1.82, 2.24) is 10.4 Å². The number of nitrogens with zero attached hydrogens (tertiary/aromatic N) is 2. The number of esters is 1. The summed E-state index contributed by atoms with van der Waals surface area (Å²) >= 11 is 0. The number of ketones is 1. The maximum absolute atomic E-state index is 12.3. The number of nitro groups is 1. The highest BCUT2D eigenvalue weighted by Crippen LogP contribution is 2.20. The van der Waals surface area contributed by atoms with Crippen LogP contribution in [0.4, 0.5) is 5.69 Å². The molecule has 0 radical (unpaired) electrons. The lowest BCUT2D eigenvalue weighted by Gasteiger charge is -2.17. The smallest absolute Gasteiger partial charge is 0.311 e. The molecule has 2 aromatic carbocycles. The van der Waals surface area contributed by atoms with Crippen LogP contribution in [-0.2, 0) is 14.3 Å². The monoisotopic (exact) mass is 411 g/mol. The molecule has 1 aliphatic heterocycles. The van der Waals surface area contributed by atoms with Crippen LogP contribution in [0.1, 0.15) is 27.1 Å². The highest BCUT2D eigenvalue weighted by Gasteiger charge is 2.37. The summed E-state index contributed by atoms with van der Waals surface area (Å²) in [5.41, 5.74) is 2.06. The van der Waals surface area contributed by atoms with Crippen molar-refractivity contribution >= 4 is 29.3 Å². The van der Waals surface area contributed by atoms with Crippen molar-refractivity contribution in [2.24, 2.45) is 5.92 Å². The molecule has 1 fully saturated rings. The van der Waals surface area contributed by atoms with Crippen molar-refractivity contribution < 1.29 is 28.8 Å². The van der Waals surface area contributed by atoms with Crippen LogP contribution >= 0.6 is 0 Å². The number of hydrogen-bond acceptors (Lipinski definition) is 7. The molecule has 0 bridgehead atoms. The van der Waals surface area contributed by atoms with Gasteiger partial charge in [0, 0.05) is 18.1 Å². The molecule has 0 aromatic heterocycles. The number of benzene rings is 2. The number of ether oxygens (including phenoxy) is 1. The molecule has 0 aliphatic carbocycles. The first-order valence-corrected chi connectivity index (χ1v) is 8.96. The molecule has 1 N–H and O–H groups in total. The molecule has 0 saturated carbocycles. The number of carbonyl (C=O) groups is 4. The van der Waals surface area contributed by atoms with Crippen LogP contribution in [0.25, 0.3) is 0 Å². The fraction of sp³-hybridized carbons (Fsp3) is 0.200. The van der Waals surface area contributed by atoms with Crippen molar-refractivity contribution in [3.8, 4) is 0 Å². The van der Waals surface area contributed by atoms with Gasteiger partial charge in [-0.25, -0.2) is 0 Å². The molecule has 30 heavy (non-hydrogen) atoms. The largest absolute Gasteiger partial charge is 0.457 e. The van der Waals surface area contributed by atoms with Crippen LogP contribution in [0.2, 0.25) is 0 Å². The SMILES string of the molecule is O=C(COC(=O)[C@H]1CC(=O)N(NC(=O)c2ccccc2[N+](=O)[O-])C1)c1ccccc1. The van der Waals surface area contributed by atoms with Crippen LogP contribution in [-0.4, -0.2) is 46.7 Å². The first-order valence-electron chi connectivity index (χ1n) is 8.96. The number of para-hydroxylation sites is 1. The number of hydrogen-bond donors (Lipinski definition) is 1. The van der Waals surface area contributed by atoms with Gasteiger partial charge in [-0.15, -0.1) is 0 Å². The lowest BCUT2D eigenvalue weighted by Crippen LogP contribution is -2.43. The van der Waals surface area contributed by atoms with Gasteiger partial charge in [-0.3, -0.25) is 39.7 Å². The van der Waals surface area contributed by atoms with E-state index in [-0.39, 0.29) is 24.3 Å². The number of rotatable bonds is 7. The highest BCUT2D eigenvalue weighted by molar-refractivity contribution is 6.00. The van der Waals surface area contributed by atoms with Crippen LogP contribution in [0, 0.1) is 16.0 Å². The lowest BCUT2D eigenvalue weighted by atomic mass is 10.1. The average Bonchev–Trinajstić information content (AvgIpc) is 3.12. The van der Waals surface area contributed by atoms with E-state index in [0.29, 0.717) is 5.56 Å². The van der Waals surface area contributed by atoms with E-state index in [0.717, 1.165) is 5.01 Å². The molecule has 154 valence electrons. The predicted molar refractivity (Wildman–Crippen MR) is 102 cm³/mol. The summed E-state index contributed by atoms with van der Waals surface area (Å²) in [7, 11) is 0. The quantitative estimate of drug-likeness (QED) is 0.316. The Kier molecular flexibility index (Phi) is 6.16. The van der Waals surface area contributed by atoms with E-state index in [1.807, 2.05) is 0 Å².